The normalized spacial score (nSPS) is 16.1. The van der Waals surface area contributed by atoms with Crippen LogP contribution in [0.25, 0.3) is 0 Å². The number of nitrogens with zero attached hydrogens (tertiary/aromatic N) is 1. The number of nitrogens with one attached hydrogen (secondary N) is 1. The van der Waals surface area contributed by atoms with Gasteiger partial charge in [0.05, 0.1) is 12.8 Å². The molecule has 0 bridgehead atoms. The minimum absolute atomic E-state index is 0.707. The maximum atomic E-state index is 5.22. The number of pyridine rings is 1. The molecule has 1 fully saturated rings. The second-order valence-corrected chi connectivity index (χ2v) is 4.15. The van der Waals surface area contributed by atoms with Gasteiger partial charge in [-0.3, -0.25) is 4.98 Å². The zero-order chi connectivity index (χ0) is 10.7. The second kappa shape index (κ2) is 4.62. The molecule has 0 unspecified atom stereocenters. The van der Waals surface area contributed by atoms with Gasteiger partial charge in [-0.2, -0.15) is 0 Å². The van der Waals surface area contributed by atoms with Gasteiger partial charge in [-0.05, 0) is 19.8 Å². The molecule has 1 aliphatic rings. The van der Waals surface area contributed by atoms with E-state index in [1.165, 1.54) is 19.3 Å². The van der Waals surface area contributed by atoms with E-state index >= 15 is 0 Å². The van der Waals surface area contributed by atoms with E-state index in [1.54, 1.807) is 7.11 Å². The van der Waals surface area contributed by atoms with Gasteiger partial charge >= 0.3 is 0 Å². The molecule has 15 heavy (non-hydrogen) atoms. The molecule has 1 aromatic rings. The van der Waals surface area contributed by atoms with Crippen molar-refractivity contribution in [1.29, 1.82) is 0 Å². The minimum Gasteiger partial charge on any atom is -0.497 e. The van der Waals surface area contributed by atoms with Crippen molar-refractivity contribution in [3.05, 3.63) is 23.5 Å². The summed E-state index contributed by atoms with van der Waals surface area (Å²) in [7, 11) is 1.69. The summed E-state index contributed by atoms with van der Waals surface area (Å²) in [5, 5.41) is 3.50. The molecule has 0 aromatic carbocycles. The molecule has 0 saturated heterocycles. The first-order chi connectivity index (χ1) is 7.28. The summed E-state index contributed by atoms with van der Waals surface area (Å²) >= 11 is 0. The Morgan fingerprint density at radius 3 is 2.87 bits per heavy atom. The third kappa shape index (κ3) is 2.69. The summed E-state index contributed by atoms with van der Waals surface area (Å²) in [6, 6.07) is 4.66. The smallest absolute Gasteiger partial charge is 0.122 e. The highest BCUT2D eigenvalue weighted by Gasteiger charge is 2.16. The summed E-state index contributed by atoms with van der Waals surface area (Å²) in [5.74, 6) is 0.896. The summed E-state index contributed by atoms with van der Waals surface area (Å²) in [5.41, 5.74) is 2.08. The van der Waals surface area contributed by atoms with Crippen LogP contribution in [0.5, 0.6) is 5.75 Å². The first-order valence-electron chi connectivity index (χ1n) is 5.53. The zero-order valence-corrected chi connectivity index (χ0v) is 9.42. The van der Waals surface area contributed by atoms with E-state index in [4.69, 9.17) is 4.74 Å². The number of hydrogen-bond donors (Lipinski definition) is 1. The molecule has 3 heteroatoms. The van der Waals surface area contributed by atoms with Gasteiger partial charge in [-0.1, -0.05) is 6.42 Å². The molecule has 1 aromatic heterocycles. The Labute approximate surface area is 90.9 Å². The van der Waals surface area contributed by atoms with Crippen LogP contribution in [-0.4, -0.2) is 18.1 Å². The number of methoxy groups -OCH3 is 1. The number of hydrogen-bond acceptors (Lipinski definition) is 3. The lowest BCUT2D eigenvalue weighted by Crippen LogP contribution is -2.34. The van der Waals surface area contributed by atoms with Gasteiger partial charge in [0.15, 0.2) is 0 Å². The van der Waals surface area contributed by atoms with E-state index in [1.807, 2.05) is 19.1 Å². The van der Waals surface area contributed by atoms with Gasteiger partial charge in [0.2, 0.25) is 0 Å². The largest absolute Gasteiger partial charge is 0.497 e. The third-order valence-electron chi connectivity index (χ3n) is 2.89. The maximum Gasteiger partial charge on any atom is 0.122 e. The third-order valence-corrected chi connectivity index (χ3v) is 2.89. The predicted molar refractivity (Wildman–Crippen MR) is 60.0 cm³/mol. The van der Waals surface area contributed by atoms with Crippen molar-refractivity contribution in [2.45, 2.75) is 38.8 Å². The SMILES string of the molecule is COc1cc(C)nc(CNC2CCC2)c1. The lowest BCUT2D eigenvalue weighted by Gasteiger charge is -2.26. The van der Waals surface area contributed by atoms with Gasteiger partial charge in [-0.25, -0.2) is 0 Å². The molecule has 0 atom stereocenters. The molecule has 1 heterocycles. The van der Waals surface area contributed by atoms with E-state index in [0.29, 0.717) is 6.04 Å². The number of ether oxygens (including phenoxy) is 1. The van der Waals surface area contributed by atoms with Crippen LogP contribution in [0.2, 0.25) is 0 Å². The Hall–Kier alpha value is -1.09. The predicted octanol–water partition coefficient (Wildman–Crippen LogP) is 2.04. The molecule has 0 amide bonds. The number of aromatic nitrogens is 1. The van der Waals surface area contributed by atoms with E-state index in [9.17, 15) is 0 Å². The van der Waals surface area contributed by atoms with Crippen molar-refractivity contribution in [1.82, 2.24) is 10.3 Å². The van der Waals surface area contributed by atoms with Crippen LogP contribution in [0.15, 0.2) is 12.1 Å². The summed E-state index contributed by atoms with van der Waals surface area (Å²) in [4.78, 5) is 4.47. The fourth-order valence-corrected chi connectivity index (χ4v) is 1.77. The van der Waals surface area contributed by atoms with Crippen molar-refractivity contribution >= 4 is 0 Å². The maximum absolute atomic E-state index is 5.22. The molecule has 82 valence electrons. The zero-order valence-electron chi connectivity index (χ0n) is 9.42. The molecule has 1 aliphatic carbocycles. The summed E-state index contributed by atoms with van der Waals surface area (Å²) in [6.45, 7) is 2.85. The molecular weight excluding hydrogens is 188 g/mol. The van der Waals surface area contributed by atoms with Gasteiger partial charge in [0.25, 0.3) is 0 Å². The van der Waals surface area contributed by atoms with Gasteiger partial charge in [0.1, 0.15) is 5.75 Å². The average Bonchev–Trinajstić information content (AvgIpc) is 2.14. The van der Waals surface area contributed by atoms with Gasteiger partial charge in [-0.15, -0.1) is 0 Å². The lowest BCUT2D eigenvalue weighted by molar-refractivity contribution is 0.336. The molecule has 2 rings (SSSR count). The molecule has 0 radical (unpaired) electrons. The summed E-state index contributed by atoms with van der Waals surface area (Å²) < 4.78 is 5.22. The van der Waals surface area contributed by atoms with E-state index < -0.39 is 0 Å². The molecular formula is C12H18N2O. The molecule has 1 N–H and O–H groups in total. The van der Waals surface area contributed by atoms with Gasteiger partial charge in [0, 0.05) is 30.4 Å². The van der Waals surface area contributed by atoms with Crippen LogP contribution in [0, 0.1) is 6.92 Å². The van der Waals surface area contributed by atoms with Crippen molar-refractivity contribution in [2.75, 3.05) is 7.11 Å². The highest BCUT2D eigenvalue weighted by Crippen LogP contribution is 2.19. The van der Waals surface area contributed by atoms with Crippen LogP contribution in [-0.2, 0) is 6.54 Å². The van der Waals surface area contributed by atoms with Crippen molar-refractivity contribution in [3.63, 3.8) is 0 Å². The fraction of sp³-hybridized carbons (Fsp3) is 0.583. The van der Waals surface area contributed by atoms with Crippen molar-refractivity contribution in [2.24, 2.45) is 0 Å². The second-order valence-electron chi connectivity index (χ2n) is 4.15. The van der Waals surface area contributed by atoms with Crippen molar-refractivity contribution in [3.8, 4) is 5.75 Å². The standard InChI is InChI=1S/C12H18N2O/c1-9-6-12(15-2)7-11(14-9)8-13-10-4-3-5-10/h6-7,10,13H,3-5,8H2,1-2H3. The molecule has 0 spiro atoms. The van der Waals surface area contributed by atoms with Crippen LogP contribution in [0.1, 0.15) is 30.7 Å². The van der Waals surface area contributed by atoms with Crippen LogP contribution in [0.3, 0.4) is 0 Å². The quantitative estimate of drug-likeness (QED) is 0.818. The Kier molecular flexibility index (Phi) is 3.21. The Bertz CT molecular complexity index is 334. The van der Waals surface area contributed by atoms with E-state index in [0.717, 1.165) is 23.7 Å². The highest BCUT2D eigenvalue weighted by molar-refractivity contribution is 5.26. The highest BCUT2D eigenvalue weighted by atomic mass is 16.5. The Morgan fingerprint density at radius 2 is 2.27 bits per heavy atom. The number of rotatable bonds is 4. The first-order valence-corrected chi connectivity index (χ1v) is 5.53. The van der Waals surface area contributed by atoms with E-state index in [-0.39, 0.29) is 0 Å². The number of aryl methyl sites for hydroxylation is 1. The summed E-state index contributed by atoms with van der Waals surface area (Å²) in [6.07, 6.45) is 3.98. The topological polar surface area (TPSA) is 34.1 Å². The minimum atomic E-state index is 0.707. The van der Waals surface area contributed by atoms with Crippen LogP contribution >= 0.6 is 0 Å². The Morgan fingerprint density at radius 1 is 1.47 bits per heavy atom. The Balaban J connectivity index is 1.96. The van der Waals surface area contributed by atoms with Gasteiger partial charge < -0.3 is 10.1 Å². The first kappa shape index (κ1) is 10.4. The average molecular weight is 206 g/mol. The monoisotopic (exact) mass is 206 g/mol. The molecule has 1 saturated carbocycles. The lowest BCUT2D eigenvalue weighted by atomic mass is 9.93. The molecule has 0 aliphatic heterocycles. The van der Waals surface area contributed by atoms with E-state index in [2.05, 4.69) is 10.3 Å². The van der Waals surface area contributed by atoms with Crippen LogP contribution < -0.4 is 10.1 Å². The van der Waals surface area contributed by atoms with Crippen LogP contribution in [0.4, 0.5) is 0 Å². The molecule has 3 nitrogen and oxygen atoms in total. The fourth-order valence-electron chi connectivity index (χ4n) is 1.77. The van der Waals surface area contributed by atoms with Crippen molar-refractivity contribution < 1.29 is 4.74 Å².